The van der Waals surface area contributed by atoms with Gasteiger partial charge in [-0.1, -0.05) is 13.0 Å². The molecule has 0 radical (unpaired) electrons. The first-order valence-electron chi connectivity index (χ1n) is 7.19. The molecule has 0 saturated heterocycles. The van der Waals surface area contributed by atoms with Gasteiger partial charge in [0.1, 0.15) is 0 Å². The van der Waals surface area contributed by atoms with Gasteiger partial charge in [0.25, 0.3) is 0 Å². The van der Waals surface area contributed by atoms with Gasteiger partial charge in [0.2, 0.25) is 0 Å². The third kappa shape index (κ3) is 3.98. The molecule has 0 aliphatic carbocycles. The highest BCUT2D eigenvalue weighted by molar-refractivity contribution is 7.99. The van der Waals surface area contributed by atoms with Crippen LogP contribution >= 0.6 is 11.8 Å². The Morgan fingerprint density at radius 1 is 1.48 bits per heavy atom. The van der Waals surface area contributed by atoms with Gasteiger partial charge in [-0.05, 0) is 61.7 Å². The zero-order valence-electron chi connectivity index (χ0n) is 12.7. The Morgan fingerprint density at radius 2 is 2.24 bits per heavy atom. The highest BCUT2D eigenvalue weighted by atomic mass is 32.2. The summed E-state index contributed by atoms with van der Waals surface area (Å²) in [4.78, 5) is 12.8. The van der Waals surface area contributed by atoms with Crippen LogP contribution in [0.1, 0.15) is 31.4 Å². The van der Waals surface area contributed by atoms with Crippen LogP contribution in [-0.4, -0.2) is 20.8 Å². The number of nitrogens with two attached hydrogens (primary N) is 1. The molecular formula is C15H22N4OS. The lowest BCUT2D eigenvalue weighted by molar-refractivity contribution is 0.604. The summed E-state index contributed by atoms with van der Waals surface area (Å²) in [6, 6.07) is 6.45. The second kappa shape index (κ2) is 6.95. The van der Waals surface area contributed by atoms with Crippen LogP contribution in [0.4, 0.5) is 0 Å². The van der Waals surface area contributed by atoms with Crippen molar-refractivity contribution in [2.24, 2.45) is 5.73 Å². The molecule has 1 aromatic heterocycles. The first kappa shape index (κ1) is 15.9. The number of nitrogens with zero attached hydrogens (tertiary/aromatic N) is 2. The second-order valence-electron chi connectivity index (χ2n) is 5.33. The predicted octanol–water partition coefficient (Wildman–Crippen LogP) is 2.33. The van der Waals surface area contributed by atoms with Crippen LogP contribution in [0.3, 0.4) is 0 Å². The topological polar surface area (TPSA) is 76.7 Å². The molecule has 1 aromatic carbocycles. The number of hydrogen-bond donors (Lipinski definition) is 2. The van der Waals surface area contributed by atoms with E-state index in [4.69, 9.17) is 5.73 Å². The zero-order chi connectivity index (χ0) is 15.4. The molecule has 0 spiro atoms. The highest BCUT2D eigenvalue weighted by Gasteiger charge is 2.10. The summed E-state index contributed by atoms with van der Waals surface area (Å²) >= 11 is 1.51. The Balaban J connectivity index is 2.20. The van der Waals surface area contributed by atoms with Gasteiger partial charge in [0.05, 0.1) is 0 Å². The third-order valence-electron chi connectivity index (χ3n) is 3.24. The summed E-state index contributed by atoms with van der Waals surface area (Å²) in [5, 5.41) is 7.32. The predicted molar refractivity (Wildman–Crippen MR) is 85.8 cm³/mol. The minimum absolute atomic E-state index is 0.148. The van der Waals surface area contributed by atoms with Crippen LogP contribution in [0.25, 0.3) is 0 Å². The third-order valence-corrected chi connectivity index (χ3v) is 4.22. The maximum Gasteiger partial charge on any atom is 0.343 e. The number of aromatic amines is 1. The number of rotatable bonds is 6. The Labute approximate surface area is 128 Å². The van der Waals surface area contributed by atoms with Gasteiger partial charge in [-0.25, -0.2) is 9.89 Å². The molecule has 0 bridgehead atoms. The van der Waals surface area contributed by atoms with Crippen LogP contribution in [0, 0.1) is 6.92 Å². The lowest BCUT2D eigenvalue weighted by Crippen LogP contribution is -2.18. The molecule has 0 fully saturated rings. The molecule has 1 unspecified atom stereocenters. The maximum atomic E-state index is 11.7. The summed E-state index contributed by atoms with van der Waals surface area (Å²) in [6.07, 6.45) is 1.78. The highest BCUT2D eigenvalue weighted by Crippen LogP contribution is 2.27. The summed E-state index contributed by atoms with van der Waals surface area (Å²) in [5.41, 5.74) is 8.19. The maximum absolute atomic E-state index is 11.7. The first-order chi connectivity index (χ1) is 10.0. The van der Waals surface area contributed by atoms with E-state index in [-0.39, 0.29) is 11.7 Å². The monoisotopic (exact) mass is 306 g/mol. The summed E-state index contributed by atoms with van der Waals surface area (Å²) < 4.78 is 1.68. The molecular weight excluding hydrogens is 284 g/mol. The fourth-order valence-electron chi connectivity index (χ4n) is 2.22. The van der Waals surface area contributed by atoms with Crippen molar-refractivity contribution in [2.75, 3.05) is 0 Å². The quantitative estimate of drug-likeness (QED) is 0.859. The zero-order valence-corrected chi connectivity index (χ0v) is 13.5. The smallest absolute Gasteiger partial charge is 0.328 e. The van der Waals surface area contributed by atoms with Crippen molar-refractivity contribution in [3.05, 3.63) is 39.8 Å². The van der Waals surface area contributed by atoms with E-state index in [0.29, 0.717) is 11.7 Å². The number of H-pyrrole nitrogens is 1. The minimum Gasteiger partial charge on any atom is -0.328 e. The van der Waals surface area contributed by atoms with E-state index < -0.39 is 0 Å². The fraction of sp³-hybridized carbons (Fsp3) is 0.467. The molecule has 21 heavy (non-hydrogen) atoms. The van der Waals surface area contributed by atoms with Crippen molar-refractivity contribution in [2.45, 2.75) is 56.3 Å². The molecule has 2 rings (SSSR count). The molecule has 0 aliphatic rings. The lowest BCUT2D eigenvalue weighted by Gasteiger charge is -2.10. The van der Waals surface area contributed by atoms with Crippen LogP contribution in [0.15, 0.2) is 33.0 Å². The normalized spacial score (nSPS) is 12.6. The van der Waals surface area contributed by atoms with Crippen LogP contribution in [-0.2, 0) is 13.0 Å². The molecule has 0 amide bonds. The number of benzene rings is 1. The summed E-state index contributed by atoms with van der Waals surface area (Å²) in [5.74, 6) is 0. The van der Waals surface area contributed by atoms with E-state index >= 15 is 0 Å². The van der Waals surface area contributed by atoms with E-state index in [9.17, 15) is 4.79 Å². The Morgan fingerprint density at radius 3 is 2.86 bits per heavy atom. The number of aryl methyl sites for hydroxylation is 1. The van der Waals surface area contributed by atoms with Crippen molar-refractivity contribution in [1.29, 1.82) is 0 Å². The van der Waals surface area contributed by atoms with Gasteiger partial charge in [-0.3, -0.25) is 4.57 Å². The van der Waals surface area contributed by atoms with Crippen molar-refractivity contribution in [3.8, 4) is 0 Å². The second-order valence-corrected chi connectivity index (χ2v) is 6.38. The molecule has 0 saturated carbocycles. The standard InChI is InChI=1S/C15H22N4OS/c1-4-7-19-14(20)17-18-15(19)21-13-6-5-12(9-11(3)16)10(2)8-13/h5-6,8,11H,4,7,9,16H2,1-3H3,(H,17,20). The van der Waals surface area contributed by atoms with Crippen LogP contribution < -0.4 is 11.4 Å². The van der Waals surface area contributed by atoms with Gasteiger partial charge in [0.15, 0.2) is 5.16 Å². The van der Waals surface area contributed by atoms with Gasteiger partial charge >= 0.3 is 5.69 Å². The van der Waals surface area contributed by atoms with Crippen LogP contribution in [0.5, 0.6) is 0 Å². The molecule has 1 atom stereocenters. The van der Waals surface area contributed by atoms with Gasteiger partial charge < -0.3 is 5.73 Å². The first-order valence-corrected chi connectivity index (χ1v) is 8.01. The number of nitrogens with one attached hydrogen (secondary N) is 1. The van der Waals surface area contributed by atoms with Crippen LogP contribution in [0.2, 0.25) is 0 Å². The molecule has 2 aromatic rings. The average Bonchev–Trinajstić information content (AvgIpc) is 2.75. The van der Waals surface area contributed by atoms with E-state index in [1.54, 1.807) is 4.57 Å². The van der Waals surface area contributed by atoms with E-state index in [0.717, 1.165) is 17.7 Å². The summed E-state index contributed by atoms with van der Waals surface area (Å²) in [6.45, 7) is 6.82. The molecule has 1 heterocycles. The van der Waals surface area contributed by atoms with E-state index in [2.05, 4.69) is 35.3 Å². The van der Waals surface area contributed by atoms with Crippen molar-refractivity contribution < 1.29 is 0 Å². The summed E-state index contributed by atoms with van der Waals surface area (Å²) in [7, 11) is 0. The van der Waals surface area contributed by atoms with Gasteiger partial charge in [-0.2, -0.15) is 0 Å². The van der Waals surface area contributed by atoms with Crippen molar-refractivity contribution in [1.82, 2.24) is 14.8 Å². The lowest BCUT2D eigenvalue weighted by atomic mass is 10.0. The van der Waals surface area contributed by atoms with E-state index in [1.165, 1.54) is 22.9 Å². The molecule has 5 nitrogen and oxygen atoms in total. The number of hydrogen-bond acceptors (Lipinski definition) is 4. The largest absolute Gasteiger partial charge is 0.343 e. The minimum atomic E-state index is -0.148. The molecule has 0 aliphatic heterocycles. The molecule has 6 heteroatoms. The Kier molecular flexibility index (Phi) is 5.25. The molecule has 114 valence electrons. The van der Waals surface area contributed by atoms with Gasteiger partial charge in [-0.15, -0.1) is 5.10 Å². The Bertz CT molecular complexity index is 660. The Hall–Kier alpha value is -1.53. The van der Waals surface area contributed by atoms with Crippen molar-refractivity contribution in [3.63, 3.8) is 0 Å². The van der Waals surface area contributed by atoms with Gasteiger partial charge in [0, 0.05) is 17.5 Å². The van der Waals surface area contributed by atoms with E-state index in [1.807, 2.05) is 13.8 Å². The van der Waals surface area contributed by atoms with Crippen molar-refractivity contribution >= 4 is 11.8 Å². The number of aromatic nitrogens is 3. The SMILES string of the molecule is CCCn1c(Sc2ccc(CC(C)N)c(C)c2)n[nH]c1=O. The molecule has 3 N–H and O–H groups in total. The average molecular weight is 306 g/mol. The fourth-order valence-corrected chi connectivity index (χ4v) is 3.17.